The smallest absolute Gasteiger partial charge is 0.0874 e. The van der Waals surface area contributed by atoms with E-state index in [0.717, 1.165) is 25.1 Å². The summed E-state index contributed by atoms with van der Waals surface area (Å²) in [5.74, 6) is 0. The fourth-order valence-corrected chi connectivity index (χ4v) is 1.63. The molecule has 1 heterocycles. The summed E-state index contributed by atoms with van der Waals surface area (Å²) in [5.41, 5.74) is 0.845. The van der Waals surface area contributed by atoms with Gasteiger partial charge in [0.05, 0.1) is 18.3 Å². The van der Waals surface area contributed by atoms with Crippen molar-refractivity contribution in [2.75, 3.05) is 13.1 Å². The first-order chi connectivity index (χ1) is 7.34. The molecule has 0 saturated carbocycles. The van der Waals surface area contributed by atoms with E-state index in [2.05, 4.69) is 10.3 Å². The van der Waals surface area contributed by atoms with Crippen molar-refractivity contribution in [2.45, 2.75) is 18.9 Å². The van der Waals surface area contributed by atoms with Crippen molar-refractivity contribution in [2.24, 2.45) is 10.3 Å². The van der Waals surface area contributed by atoms with E-state index in [9.17, 15) is 5.11 Å². The third kappa shape index (κ3) is 3.02. The highest BCUT2D eigenvalue weighted by molar-refractivity contribution is 5.34. The summed E-state index contributed by atoms with van der Waals surface area (Å²) in [6.45, 7) is 1.48. The fourth-order valence-electron chi connectivity index (χ4n) is 1.63. The van der Waals surface area contributed by atoms with E-state index < -0.39 is 0 Å². The van der Waals surface area contributed by atoms with E-state index in [0.29, 0.717) is 6.54 Å². The molecule has 0 spiro atoms. The average Bonchev–Trinajstić information content (AvgIpc) is 2.28. The highest BCUT2D eigenvalue weighted by Gasteiger charge is 2.15. The van der Waals surface area contributed by atoms with E-state index >= 15 is 0 Å². The summed E-state index contributed by atoms with van der Waals surface area (Å²) >= 11 is 0. The standard InChI is InChI=1S/C11H15N3O/c15-11-7-4-8-14(9-11)13-12-10-5-2-1-3-6-10/h1-3,5-6,11,15H,4,7-9H2. The van der Waals surface area contributed by atoms with Gasteiger partial charge in [-0.1, -0.05) is 23.4 Å². The summed E-state index contributed by atoms with van der Waals surface area (Å²) in [7, 11) is 0. The molecule has 4 heteroatoms. The van der Waals surface area contributed by atoms with Gasteiger partial charge in [-0.15, -0.1) is 5.11 Å². The van der Waals surface area contributed by atoms with E-state index in [4.69, 9.17) is 0 Å². The molecule has 1 aliphatic heterocycles. The third-order valence-corrected chi connectivity index (χ3v) is 2.42. The van der Waals surface area contributed by atoms with Gasteiger partial charge in [-0.25, -0.2) is 0 Å². The second-order valence-electron chi connectivity index (χ2n) is 3.73. The number of piperidine rings is 1. The Morgan fingerprint density at radius 1 is 1.27 bits per heavy atom. The summed E-state index contributed by atoms with van der Waals surface area (Å²) in [6, 6.07) is 9.62. The first kappa shape index (κ1) is 10.1. The Morgan fingerprint density at radius 2 is 2.07 bits per heavy atom. The second kappa shape index (κ2) is 4.89. The molecule has 15 heavy (non-hydrogen) atoms. The molecule has 0 aromatic heterocycles. The van der Waals surface area contributed by atoms with Gasteiger partial charge in [-0.2, -0.15) is 0 Å². The molecule has 1 aliphatic rings. The largest absolute Gasteiger partial charge is 0.391 e. The van der Waals surface area contributed by atoms with Crippen LogP contribution in [-0.4, -0.2) is 29.3 Å². The molecule has 1 aromatic rings. The lowest BCUT2D eigenvalue weighted by Crippen LogP contribution is -2.34. The van der Waals surface area contributed by atoms with E-state index in [1.165, 1.54) is 0 Å². The zero-order valence-electron chi connectivity index (χ0n) is 8.58. The van der Waals surface area contributed by atoms with Crippen LogP contribution in [0.3, 0.4) is 0 Å². The number of nitrogens with zero attached hydrogens (tertiary/aromatic N) is 3. The monoisotopic (exact) mass is 205 g/mol. The fraction of sp³-hybridized carbons (Fsp3) is 0.455. The number of β-amino-alcohol motifs (C(OH)–C–C–N with tert-alkyl or cyclic N) is 1. The van der Waals surface area contributed by atoms with Gasteiger partial charge in [0.2, 0.25) is 0 Å². The van der Waals surface area contributed by atoms with Crippen molar-refractivity contribution < 1.29 is 5.11 Å². The van der Waals surface area contributed by atoms with Crippen LogP contribution in [0.2, 0.25) is 0 Å². The zero-order chi connectivity index (χ0) is 10.5. The summed E-state index contributed by atoms with van der Waals surface area (Å²) in [6.07, 6.45) is 1.60. The Labute approximate surface area is 89.2 Å². The molecule has 1 N–H and O–H groups in total. The van der Waals surface area contributed by atoms with Gasteiger partial charge in [-0.3, -0.25) is 5.01 Å². The Kier molecular flexibility index (Phi) is 3.29. The van der Waals surface area contributed by atoms with Crippen molar-refractivity contribution in [3.05, 3.63) is 30.3 Å². The van der Waals surface area contributed by atoms with Gasteiger partial charge < -0.3 is 5.11 Å². The van der Waals surface area contributed by atoms with Crippen LogP contribution in [0.15, 0.2) is 40.7 Å². The van der Waals surface area contributed by atoms with Crippen molar-refractivity contribution in [1.82, 2.24) is 5.01 Å². The van der Waals surface area contributed by atoms with Gasteiger partial charge in [-0.05, 0) is 25.0 Å². The molecule has 0 radical (unpaired) electrons. The summed E-state index contributed by atoms with van der Waals surface area (Å²) < 4.78 is 0. The van der Waals surface area contributed by atoms with E-state index in [-0.39, 0.29) is 6.10 Å². The van der Waals surface area contributed by atoms with E-state index in [1.807, 2.05) is 35.3 Å². The molecular weight excluding hydrogens is 190 g/mol. The number of hydrogen-bond donors (Lipinski definition) is 1. The first-order valence-corrected chi connectivity index (χ1v) is 5.24. The Morgan fingerprint density at radius 3 is 2.80 bits per heavy atom. The van der Waals surface area contributed by atoms with Crippen LogP contribution in [0.5, 0.6) is 0 Å². The molecule has 1 unspecified atom stereocenters. The predicted molar refractivity (Wildman–Crippen MR) is 57.8 cm³/mol. The molecule has 0 aliphatic carbocycles. The number of benzene rings is 1. The third-order valence-electron chi connectivity index (χ3n) is 2.42. The van der Waals surface area contributed by atoms with Crippen molar-refractivity contribution >= 4 is 5.69 Å². The van der Waals surface area contributed by atoms with E-state index in [1.54, 1.807) is 0 Å². The predicted octanol–water partition coefficient (Wildman–Crippen LogP) is 2.14. The molecule has 80 valence electrons. The summed E-state index contributed by atoms with van der Waals surface area (Å²) in [4.78, 5) is 0. The number of aliphatic hydroxyl groups is 1. The molecule has 0 bridgehead atoms. The molecule has 1 atom stereocenters. The van der Waals surface area contributed by atoms with Gasteiger partial charge in [0.15, 0.2) is 0 Å². The Bertz CT molecular complexity index is 326. The zero-order valence-corrected chi connectivity index (χ0v) is 8.58. The lowest BCUT2D eigenvalue weighted by atomic mass is 10.1. The molecular formula is C11H15N3O. The van der Waals surface area contributed by atoms with Gasteiger partial charge >= 0.3 is 0 Å². The highest BCUT2D eigenvalue weighted by atomic mass is 16.3. The van der Waals surface area contributed by atoms with Crippen molar-refractivity contribution in [1.29, 1.82) is 0 Å². The molecule has 1 saturated heterocycles. The van der Waals surface area contributed by atoms with Crippen LogP contribution in [0, 0.1) is 0 Å². The normalized spacial score (nSPS) is 22.2. The van der Waals surface area contributed by atoms with Crippen LogP contribution >= 0.6 is 0 Å². The van der Waals surface area contributed by atoms with Gasteiger partial charge in [0, 0.05) is 6.54 Å². The number of hydrogen-bond acceptors (Lipinski definition) is 3. The number of aliphatic hydroxyl groups excluding tert-OH is 1. The first-order valence-electron chi connectivity index (χ1n) is 5.24. The molecule has 0 amide bonds. The quantitative estimate of drug-likeness (QED) is 0.752. The maximum atomic E-state index is 9.43. The highest BCUT2D eigenvalue weighted by Crippen LogP contribution is 2.14. The average molecular weight is 205 g/mol. The molecule has 4 nitrogen and oxygen atoms in total. The van der Waals surface area contributed by atoms with Crippen molar-refractivity contribution in [3.8, 4) is 0 Å². The maximum absolute atomic E-state index is 9.43. The minimum Gasteiger partial charge on any atom is -0.391 e. The minimum absolute atomic E-state index is 0.256. The minimum atomic E-state index is -0.256. The molecule has 2 rings (SSSR count). The van der Waals surface area contributed by atoms with Crippen LogP contribution in [0.25, 0.3) is 0 Å². The van der Waals surface area contributed by atoms with Crippen LogP contribution in [0.1, 0.15) is 12.8 Å². The van der Waals surface area contributed by atoms with Crippen LogP contribution in [-0.2, 0) is 0 Å². The van der Waals surface area contributed by atoms with Crippen LogP contribution < -0.4 is 0 Å². The summed E-state index contributed by atoms with van der Waals surface area (Å²) in [5, 5.41) is 19.5. The lowest BCUT2D eigenvalue weighted by Gasteiger charge is -2.26. The topological polar surface area (TPSA) is 48.2 Å². The maximum Gasteiger partial charge on any atom is 0.0874 e. The number of rotatable bonds is 2. The van der Waals surface area contributed by atoms with Crippen LogP contribution in [0.4, 0.5) is 5.69 Å². The second-order valence-corrected chi connectivity index (χ2v) is 3.73. The Balaban J connectivity index is 1.93. The van der Waals surface area contributed by atoms with Gasteiger partial charge in [0.25, 0.3) is 0 Å². The van der Waals surface area contributed by atoms with Crippen molar-refractivity contribution in [3.63, 3.8) is 0 Å². The molecule has 1 fully saturated rings. The SMILES string of the molecule is OC1CCCN(N=Nc2ccccc2)C1. The lowest BCUT2D eigenvalue weighted by molar-refractivity contribution is 0.0681. The molecule has 1 aromatic carbocycles. The Hall–Kier alpha value is -1.42. The van der Waals surface area contributed by atoms with Gasteiger partial charge in [0.1, 0.15) is 0 Å².